The van der Waals surface area contributed by atoms with E-state index < -0.39 is 42.8 Å². The number of rotatable bonds is 5. The van der Waals surface area contributed by atoms with E-state index in [0.717, 1.165) is 11.1 Å². The molecule has 144 valence electrons. The van der Waals surface area contributed by atoms with Crippen LogP contribution < -0.4 is 5.32 Å². The summed E-state index contributed by atoms with van der Waals surface area (Å²) >= 11 is 0. The molecular formula is C18H21N3O6. The minimum absolute atomic E-state index is 0.0141. The van der Waals surface area contributed by atoms with E-state index in [0.29, 0.717) is 11.3 Å². The number of amides is 3. The number of hydrogen-bond acceptors (Lipinski definition) is 7. The van der Waals surface area contributed by atoms with Crippen LogP contribution in [0.3, 0.4) is 0 Å². The average Bonchev–Trinajstić information content (AvgIpc) is 2.62. The number of benzene rings is 1. The number of aliphatic hydroxyl groups is 4. The molecule has 3 amide bonds. The van der Waals surface area contributed by atoms with Gasteiger partial charge in [0.05, 0.1) is 24.1 Å². The number of aliphatic imine (C=N–C) groups is 2. The van der Waals surface area contributed by atoms with Gasteiger partial charge in [0.1, 0.15) is 12.2 Å². The second kappa shape index (κ2) is 7.28. The van der Waals surface area contributed by atoms with Gasteiger partial charge < -0.3 is 20.4 Å². The molecule has 2 aliphatic heterocycles. The first kappa shape index (κ1) is 19.3. The number of fused-ring (bicyclic) bond motifs is 2. The predicted molar refractivity (Wildman–Crippen MR) is 96.4 cm³/mol. The summed E-state index contributed by atoms with van der Waals surface area (Å²) in [4.78, 5) is 32.1. The van der Waals surface area contributed by atoms with E-state index >= 15 is 0 Å². The molecule has 27 heavy (non-hydrogen) atoms. The number of carbonyl (C=O) groups excluding carboxylic acids is 2. The molecule has 0 saturated carbocycles. The van der Waals surface area contributed by atoms with Crippen LogP contribution in [0.1, 0.15) is 29.0 Å². The van der Waals surface area contributed by atoms with Gasteiger partial charge in [-0.25, -0.2) is 9.79 Å². The third-order valence-electron chi connectivity index (χ3n) is 4.93. The zero-order chi connectivity index (χ0) is 19.9. The van der Waals surface area contributed by atoms with E-state index in [1.807, 2.05) is 19.9 Å². The number of hydrogen-bond donors (Lipinski definition) is 5. The van der Waals surface area contributed by atoms with E-state index in [9.17, 15) is 24.9 Å². The number of imide groups is 1. The molecule has 0 bridgehead atoms. The van der Waals surface area contributed by atoms with Crippen LogP contribution in [-0.2, 0) is 4.79 Å². The number of aryl methyl sites for hydroxylation is 2. The Morgan fingerprint density at radius 3 is 2.41 bits per heavy atom. The maximum atomic E-state index is 12.2. The lowest BCUT2D eigenvalue weighted by Gasteiger charge is -2.31. The van der Waals surface area contributed by atoms with Gasteiger partial charge in [0.2, 0.25) is 0 Å². The number of aliphatic hydroxyl groups excluding tert-OH is 4. The van der Waals surface area contributed by atoms with Gasteiger partial charge >= 0.3 is 6.03 Å². The minimum Gasteiger partial charge on any atom is -0.394 e. The maximum absolute atomic E-state index is 12.2. The van der Waals surface area contributed by atoms with Crippen molar-refractivity contribution >= 4 is 29.0 Å². The van der Waals surface area contributed by atoms with Crippen molar-refractivity contribution in [1.29, 1.82) is 0 Å². The number of urea groups is 1. The molecule has 3 rings (SSSR count). The molecule has 2 heterocycles. The smallest absolute Gasteiger partial charge is 0.348 e. The summed E-state index contributed by atoms with van der Waals surface area (Å²) in [5.74, 6) is -1.36. The normalized spacial score (nSPS) is 22.1. The predicted octanol–water partition coefficient (Wildman–Crippen LogP) is -0.371. The molecule has 0 aliphatic carbocycles. The number of nitrogens with zero attached hydrogens (tertiary/aromatic N) is 2. The molecule has 1 aromatic rings. The van der Waals surface area contributed by atoms with Gasteiger partial charge in [0.25, 0.3) is 5.91 Å². The molecule has 2 aliphatic rings. The SMILES string of the molecule is Cc1cc2c(cc1C)C(C[C@H](O)[C@H](O)[C@H](O)CO)C1=NC(=O)NC(=O)C1=N2. The van der Waals surface area contributed by atoms with Crippen molar-refractivity contribution in [3.63, 3.8) is 0 Å². The van der Waals surface area contributed by atoms with E-state index in [1.54, 1.807) is 6.07 Å². The van der Waals surface area contributed by atoms with E-state index in [4.69, 9.17) is 5.11 Å². The van der Waals surface area contributed by atoms with Crippen LogP contribution in [0.4, 0.5) is 10.5 Å². The highest BCUT2D eigenvalue weighted by atomic mass is 16.4. The fourth-order valence-corrected chi connectivity index (χ4v) is 3.26. The van der Waals surface area contributed by atoms with Crippen LogP contribution in [0, 0.1) is 13.8 Å². The van der Waals surface area contributed by atoms with Gasteiger partial charge in [-0.1, -0.05) is 6.07 Å². The Labute approximate surface area is 155 Å². The topological polar surface area (TPSA) is 152 Å². The summed E-state index contributed by atoms with van der Waals surface area (Å²) in [7, 11) is 0. The van der Waals surface area contributed by atoms with E-state index in [2.05, 4.69) is 15.3 Å². The quantitative estimate of drug-likeness (QED) is 0.473. The molecule has 9 nitrogen and oxygen atoms in total. The average molecular weight is 375 g/mol. The standard InChI is InChI=1S/C18H21N3O6/c1-7-3-9-10(5-12(23)16(25)13(24)6-22)14-15(17(26)21-18(27)20-14)19-11(9)4-8(7)2/h3-4,10,12-13,16,22-25H,5-6H2,1-2H3,(H,21,26,27)/t10?,12-,13+,16-/m0/s1. The molecular weight excluding hydrogens is 354 g/mol. The fourth-order valence-electron chi connectivity index (χ4n) is 3.26. The highest BCUT2D eigenvalue weighted by molar-refractivity contribution is 6.71. The lowest BCUT2D eigenvalue weighted by Crippen LogP contribution is -2.48. The Balaban J connectivity index is 2.07. The van der Waals surface area contributed by atoms with Gasteiger partial charge in [0.15, 0.2) is 5.71 Å². The Hall–Kier alpha value is -2.46. The lowest BCUT2D eigenvalue weighted by molar-refractivity contribution is -0.113. The molecule has 0 saturated heterocycles. The molecule has 4 atom stereocenters. The van der Waals surface area contributed by atoms with Crippen molar-refractivity contribution < 1.29 is 30.0 Å². The highest BCUT2D eigenvalue weighted by Gasteiger charge is 2.39. The lowest BCUT2D eigenvalue weighted by atomic mass is 9.80. The summed E-state index contributed by atoms with van der Waals surface area (Å²) in [5, 5.41) is 41.0. The van der Waals surface area contributed by atoms with Crippen LogP contribution in [0.2, 0.25) is 0 Å². The van der Waals surface area contributed by atoms with Crippen LogP contribution in [-0.4, -0.2) is 68.7 Å². The minimum atomic E-state index is -1.60. The molecule has 0 aromatic heterocycles. The van der Waals surface area contributed by atoms with Crippen molar-refractivity contribution in [2.75, 3.05) is 6.61 Å². The Bertz CT molecular complexity index is 863. The second-order valence-electron chi connectivity index (χ2n) is 6.81. The van der Waals surface area contributed by atoms with Gasteiger partial charge in [-0.05, 0) is 43.0 Å². The van der Waals surface area contributed by atoms with Crippen LogP contribution in [0.5, 0.6) is 0 Å². The summed E-state index contributed by atoms with van der Waals surface area (Å²) in [6, 6.07) is 2.82. The van der Waals surface area contributed by atoms with Gasteiger partial charge in [-0.15, -0.1) is 0 Å². The number of carbonyl (C=O) groups is 2. The Morgan fingerprint density at radius 2 is 1.74 bits per heavy atom. The van der Waals surface area contributed by atoms with Crippen molar-refractivity contribution in [2.24, 2.45) is 9.98 Å². The molecule has 0 fully saturated rings. The molecule has 1 aromatic carbocycles. The zero-order valence-electron chi connectivity index (χ0n) is 14.9. The zero-order valence-corrected chi connectivity index (χ0v) is 14.9. The molecule has 1 unspecified atom stereocenters. The van der Waals surface area contributed by atoms with Crippen molar-refractivity contribution in [3.05, 3.63) is 28.8 Å². The van der Waals surface area contributed by atoms with Crippen LogP contribution in [0.15, 0.2) is 22.1 Å². The maximum Gasteiger partial charge on any atom is 0.348 e. The van der Waals surface area contributed by atoms with Crippen molar-refractivity contribution in [1.82, 2.24) is 5.32 Å². The summed E-state index contributed by atoms with van der Waals surface area (Å²) in [6.45, 7) is 3.08. The largest absolute Gasteiger partial charge is 0.394 e. The third kappa shape index (κ3) is 3.54. The molecule has 5 N–H and O–H groups in total. The fraction of sp³-hybridized carbons (Fsp3) is 0.444. The highest BCUT2D eigenvalue weighted by Crippen LogP contribution is 2.39. The summed E-state index contributed by atoms with van der Waals surface area (Å²) in [6.07, 6.45) is -4.66. The van der Waals surface area contributed by atoms with Gasteiger partial charge in [-0.3, -0.25) is 10.1 Å². The molecule has 9 heteroatoms. The second-order valence-corrected chi connectivity index (χ2v) is 6.81. The first-order valence-electron chi connectivity index (χ1n) is 8.52. The molecule has 0 radical (unpaired) electrons. The first-order chi connectivity index (χ1) is 12.7. The van der Waals surface area contributed by atoms with Crippen molar-refractivity contribution in [3.8, 4) is 0 Å². The van der Waals surface area contributed by atoms with Crippen LogP contribution >= 0.6 is 0 Å². The summed E-state index contributed by atoms with van der Waals surface area (Å²) in [5.41, 5.74) is 3.19. The van der Waals surface area contributed by atoms with E-state index in [1.165, 1.54) is 0 Å². The summed E-state index contributed by atoms with van der Waals surface area (Å²) < 4.78 is 0. The Kier molecular flexibility index (Phi) is 5.20. The van der Waals surface area contributed by atoms with Gasteiger partial charge in [-0.2, -0.15) is 4.99 Å². The third-order valence-corrected chi connectivity index (χ3v) is 4.93. The monoisotopic (exact) mass is 375 g/mol. The first-order valence-corrected chi connectivity index (χ1v) is 8.52. The van der Waals surface area contributed by atoms with E-state index in [-0.39, 0.29) is 17.8 Å². The Morgan fingerprint density at radius 1 is 1.07 bits per heavy atom. The number of nitrogens with one attached hydrogen (secondary N) is 1. The van der Waals surface area contributed by atoms with Crippen molar-refractivity contribution in [2.45, 2.75) is 44.5 Å². The van der Waals surface area contributed by atoms with Gasteiger partial charge in [0, 0.05) is 5.92 Å². The molecule has 0 spiro atoms. The van der Waals surface area contributed by atoms with Crippen LogP contribution in [0.25, 0.3) is 0 Å².